The predicted molar refractivity (Wildman–Crippen MR) is 70.4 cm³/mol. The molecule has 1 atom stereocenters. The fourth-order valence-corrected chi connectivity index (χ4v) is 1.19. The van der Waals surface area contributed by atoms with Crippen molar-refractivity contribution >= 4 is 21.7 Å². The molecule has 114 valence electrons. The van der Waals surface area contributed by atoms with E-state index in [1.807, 2.05) is 0 Å². The van der Waals surface area contributed by atoms with Crippen molar-refractivity contribution < 1.29 is 41.3 Å². The number of hydrogen-bond acceptors (Lipinski definition) is 6. The van der Waals surface area contributed by atoms with Gasteiger partial charge in [0.1, 0.15) is 11.8 Å². The normalized spacial score (nSPS) is 10.4. The molecule has 4 N–H and O–H groups in total. The Morgan fingerprint density at radius 1 is 1.35 bits per heavy atom. The van der Waals surface area contributed by atoms with Crippen LogP contribution >= 0.6 is 0 Å². The topological polar surface area (TPSA) is 110 Å². The van der Waals surface area contributed by atoms with E-state index in [1.54, 1.807) is 18.7 Å². The van der Waals surface area contributed by atoms with Crippen LogP contribution in [0.1, 0.15) is 12.5 Å². The van der Waals surface area contributed by atoms with Gasteiger partial charge in [-0.15, -0.1) is 0 Å². The van der Waals surface area contributed by atoms with Gasteiger partial charge in [0.15, 0.2) is 0 Å². The number of carbonyl (C=O) groups is 2. The van der Waals surface area contributed by atoms with E-state index in [4.69, 9.17) is 15.6 Å². The first-order chi connectivity index (χ1) is 8.90. The molecule has 1 aromatic carbocycles. The maximum atomic E-state index is 11.2. The Kier molecular flexibility index (Phi) is 12.3. The van der Waals surface area contributed by atoms with Gasteiger partial charge in [0.2, 0.25) is 9.76 Å². The molecule has 0 amide bonds. The summed E-state index contributed by atoms with van der Waals surface area (Å²) < 4.78 is 4.36. The van der Waals surface area contributed by atoms with Crippen molar-refractivity contribution in [3.05, 3.63) is 29.8 Å². The van der Waals surface area contributed by atoms with E-state index in [0.29, 0.717) is 0 Å². The van der Waals surface area contributed by atoms with Crippen molar-refractivity contribution in [2.24, 2.45) is 5.73 Å². The molecule has 0 spiro atoms. The Bertz CT molecular complexity index is 413. The summed E-state index contributed by atoms with van der Waals surface area (Å²) in [6, 6.07) is 5.41. The Labute approximate surface area is 130 Å². The number of phenolic OH excluding ortho intramolecular Hbond substituents is 1. The summed E-state index contributed by atoms with van der Waals surface area (Å²) in [5.74, 6) is -1.28. The van der Waals surface area contributed by atoms with E-state index in [0.717, 1.165) is 12.5 Å². The fourth-order valence-electron chi connectivity index (χ4n) is 1.19. The van der Waals surface area contributed by atoms with Crippen LogP contribution in [-0.4, -0.2) is 37.6 Å². The van der Waals surface area contributed by atoms with E-state index in [9.17, 15) is 9.59 Å². The molecule has 0 saturated heterocycles. The first-order valence-electron chi connectivity index (χ1n) is 5.47. The van der Waals surface area contributed by atoms with Gasteiger partial charge in [-0.25, -0.2) is 4.79 Å². The van der Waals surface area contributed by atoms with Gasteiger partial charge in [-0.05, 0) is 30.7 Å². The maximum Gasteiger partial charge on any atom is 1.00 e. The van der Waals surface area contributed by atoms with Crippen LogP contribution in [0.2, 0.25) is 6.55 Å². The number of benzene rings is 1. The Morgan fingerprint density at radius 3 is 2.20 bits per heavy atom. The molecule has 20 heavy (non-hydrogen) atoms. The summed E-state index contributed by atoms with van der Waals surface area (Å²) in [6.07, 6.45) is 0.256. The zero-order valence-electron chi connectivity index (χ0n) is 11.1. The SMILES string of the molecule is CC(=O)OC(=O)C(N)Cc1ccc(O)cc1.C[Si]O.[Cu+]. The molecular formula is C12H17CuNO5Si+. The van der Waals surface area contributed by atoms with Crippen molar-refractivity contribution in [3.63, 3.8) is 0 Å². The molecule has 0 aromatic heterocycles. The van der Waals surface area contributed by atoms with Gasteiger partial charge in [-0.2, -0.15) is 0 Å². The zero-order chi connectivity index (χ0) is 14.8. The second-order valence-corrected chi connectivity index (χ2v) is 4.06. The van der Waals surface area contributed by atoms with E-state index in [1.165, 1.54) is 12.1 Å². The predicted octanol–water partition coefficient (Wildman–Crippen LogP) is -0.00480. The molecular weight excluding hydrogens is 330 g/mol. The van der Waals surface area contributed by atoms with Crippen LogP contribution < -0.4 is 5.73 Å². The molecule has 0 aliphatic carbocycles. The number of ether oxygens (including phenoxy) is 1. The Balaban J connectivity index is 0. The van der Waals surface area contributed by atoms with Gasteiger partial charge in [-0.1, -0.05) is 12.1 Å². The third-order valence-electron chi connectivity index (χ3n) is 1.94. The molecule has 8 heteroatoms. The molecule has 6 nitrogen and oxygen atoms in total. The molecule has 0 aliphatic rings. The van der Waals surface area contributed by atoms with Crippen LogP contribution in [0.3, 0.4) is 0 Å². The average molecular weight is 347 g/mol. The van der Waals surface area contributed by atoms with Crippen LogP contribution in [0.25, 0.3) is 0 Å². The number of rotatable bonds is 3. The van der Waals surface area contributed by atoms with Crippen LogP contribution in [0.15, 0.2) is 24.3 Å². The summed E-state index contributed by atoms with van der Waals surface area (Å²) in [7, 11) is 0.0833. The summed E-state index contributed by atoms with van der Waals surface area (Å²) in [4.78, 5) is 29.3. The van der Waals surface area contributed by atoms with Gasteiger partial charge in [-0.3, -0.25) is 4.79 Å². The standard InChI is InChI=1S/C11H13NO4.CH4OSi.Cu/c1-7(13)16-11(15)10(12)6-8-2-4-9(14)5-3-8;1-3-2;/h2-5,10,14H,6,12H2,1H3;2H,1H3;/q;;+1. The summed E-state index contributed by atoms with van der Waals surface area (Å²) in [5.41, 5.74) is 6.33. The molecule has 0 aliphatic heterocycles. The number of aromatic hydroxyl groups is 1. The average Bonchev–Trinajstić information content (AvgIpc) is 2.32. The van der Waals surface area contributed by atoms with Gasteiger partial charge in [0, 0.05) is 6.92 Å². The first kappa shape index (κ1) is 21.1. The molecule has 1 unspecified atom stereocenters. The van der Waals surface area contributed by atoms with Crippen molar-refractivity contribution in [1.82, 2.24) is 0 Å². The smallest absolute Gasteiger partial charge is 0.508 e. The summed E-state index contributed by atoms with van der Waals surface area (Å²) in [6.45, 7) is 2.85. The van der Waals surface area contributed by atoms with Gasteiger partial charge in [0.05, 0.1) is 0 Å². The van der Waals surface area contributed by atoms with Crippen LogP contribution in [0.5, 0.6) is 5.75 Å². The minimum atomic E-state index is -0.881. The molecule has 1 rings (SSSR count). The third kappa shape index (κ3) is 9.71. The van der Waals surface area contributed by atoms with E-state index < -0.39 is 18.0 Å². The molecule has 1 aromatic rings. The second-order valence-electron chi connectivity index (χ2n) is 3.61. The third-order valence-corrected chi connectivity index (χ3v) is 1.94. The van der Waals surface area contributed by atoms with Crippen LogP contribution in [0.4, 0.5) is 0 Å². The van der Waals surface area contributed by atoms with Gasteiger partial charge >= 0.3 is 29.0 Å². The molecule has 0 fully saturated rings. The minimum absolute atomic E-state index is 0. The van der Waals surface area contributed by atoms with Crippen molar-refractivity contribution in [1.29, 1.82) is 0 Å². The van der Waals surface area contributed by atoms with Gasteiger partial charge in [0.25, 0.3) is 0 Å². The molecule has 0 saturated carbocycles. The Morgan fingerprint density at radius 2 is 1.80 bits per heavy atom. The molecule has 2 radical (unpaired) electrons. The number of nitrogens with two attached hydrogens (primary N) is 1. The summed E-state index contributed by atoms with van der Waals surface area (Å²) in [5, 5.41) is 9.05. The largest absolute Gasteiger partial charge is 1.00 e. The molecule has 0 heterocycles. The number of hydrogen-bond donors (Lipinski definition) is 3. The van der Waals surface area contributed by atoms with E-state index >= 15 is 0 Å². The first-order valence-corrected chi connectivity index (χ1v) is 6.92. The summed E-state index contributed by atoms with van der Waals surface area (Å²) >= 11 is 0. The zero-order valence-corrected chi connectivity index (χ0v) is 13.0. The van der Waals surface area contributed by atoms with Crippen LogP contribution in [0, 0.1) is 0 Å². The van der Waals surface area contributed by atoms with E-state index in [-0.39, 0.29) is 39.0 Å². The quantitative estimate of drug-likeness (QED) is 0.403. The number of carbonyl (C=O) groups excluding carboxylic acids is 2. The van der Waals surface area contributed by atoms with Gasteiger partial charge < -0.3 is 20.4 Å². The fraction of sp³-hybridized carbons (Fsp3) is 0.333. The number of esters is 2. The van der Waals surface area contributed by atoms with Crippen molar-refractivity contribution in [3.8, 4) is 5.75 Å². The maximum absolute atomic E-state index is 11.2. The molecule has 0 bridgehead atoms. The van der Waals surface area contributed by atoms with Crippen molar-refractivity contribution in [2.75, 3.05) is 0 Å². The number of phenols is 1. The monoisotopic (exact) mass is 346 g/mol. The van der Waals surface area contributed by atoms with Crippen molar-refractivity contribution in [2.45, 2.75) is 25.9 Å². The Hall–Kier alpha value is -1.18. The van der Waals surface area contributed by atoms with E-state index in [2.05, 4.69) is 4.74 Å². The second kappa shape index (κ2) is 11.6. The minimum Gasteiger partial charge on any atom is -0.508 e. The van der Waals surface area contributed by atoms with Crippen LogP contribution in [-0.2, 0) is 37.8 Å².